The van der Waals surface area contributed by atoms with Gasteiger partial charge in [-0.3, -0.25) is 0 Å². The molecular formula is C88H56N8. The lowest BCUT2D eigenvalue weighted by molar-refractivity contribution is 1.07. The van der Waals surface area contributed by atoms with Gasteiger partial charge in [-0.2, -0.15) is 0 Å². The molecule has 0 atom stereocenters. The van der Waals surface area contributed by atoms with Gasteiger partial charge in [-0.05, 0) is 119 Å². The van der Waals surface area contributed by atoms with Crippen molar-refractivity contribution in [3.05, 3.63) is 363 Å². The molecule has 96 heavy (non-hydrogen) atoms. The molecule has 0 aliphatic heterocycles. The Kier molecular flexibility index (Phi) is 16.5. The van der Waals surface area contributed by atoms with E-state index in [0.717, 1.165) is 94.6 Å². The Hall–Kier alpha value is -13.4. The van der Waals surface area contributed by atoms with Crippen LogP contribution in [-0.4, -0.2) is 29.9 Å². The first-order chi connectivity index (χ1) is 47.4. The predicted octanol–water partition coefficient (Wildman–Crippen LogP) is 23.2. The van der Waals surface area contributed by atoms with Crippen LogP contribution in [-0.2, 0) is 0 Å². The van der Waals surface area contributed by atoms with Crippen LogP contribution in [0.4, 0.5) is 11.4 Å². The molecule has 2 aromatic heterocycles. The molecule has 0 radical (unpaired) electrons. The summed E-state index contributed by atoms with van der Waals surface area (Å²) in [5.74, 6) is 3.89. The lowest BCUT2D eigenvalue weighted by Crippen LogP contribution is -2.00. The van der Waals surface area contributed by atoms with E-state index in [1.807, 2.05) is 170 Å². The first-order valence-electron chi connectivity index (χ1n) is 31.6. The van der Waals surface area contributed by atoms with Crippen LogP contribution in [0.1, 0.15) is 0 Å². The van der Waals surface area contributed by atoms with Crippen LogP contribution in [0.2, 0.25) is 0 Å². The number of nitrogens with zero attached hydrogens (tertiary/aromatic N) is 8. The van der Waals surface area contributed by atoms with Crippen molar-refractivity contribution in [2.24, 2.45) is 0 Å². The molecule has 0 aliphatic carbocycles. The molecular weight excluding hydrogens is 1170 g/mol. The third-order valence-electron chi connectivity index (χ3n) is 17.1. The van der Waals surface area contributed by atoms with Gasteiger partial charge in [0.1, 0.15) is 0 Å². The van der Waals surface area contributed by atoms with E-state index in [0.29, 0.717) is 46.3 Å². The average molecular weight is 1230 g/mol. The standard InChI is InChI=1S/2C44H28N4/c1-45-41-14-8-13-37(29-41)30-15-17-31(18-16-30)38-25-21-33-22-26-39(28-40(33)27-38)32-19-23-36(24-20-32)44-47-42(34-9-4-2-5-10-34)46-43(48-44)35-11-6-3-7-12-35;1-45-41-26-24-31(25-27-41)30-12-14-32(15-13-30)38-22-18-34-19-23-39(29-40(34)28-38)33-16-20-37(21-17-33)44-47-42(35-8-4-2-5-9-35)46-43(48-44)36-10-6-3-7-11-36/h2*2-29H. The largest absolute Gasteiger partial charge is 0.238 e. The molecule has 8 nitrogen and oxygen atoms in total. The van der Waals surface area contributed by atoms with Gasteiger partial charge in [-0.25, -0.2) is 39.6 Å². The van der Waals surface area contributed by atoms with Gasteiger partial charge in [0.25, 0.3) is 0 Å². The zero-order valence-corrected chi connectivity index (χ0v) is 51.9. The Labute approximate surface area is 557 Å². The van der Waals surface area contributed by atoms with Crippen molar-refractivity contribution in [3.63, 3.8) is 0 Å². The Morgan fingerprint density at radius 3 is 0.635 bits per heavy atom. The lowest BCUT2D eigenvalue weighted by Gasteiger charge is -2.10. The van der Waals surface area contributed by atoms with Crippen molar-refractivity contribution < 1.29 is 0 Å². The molecule has 0 spiro atoms. The number of aromatic nitrogens is 6. The fraction of sp³-hybridized carbons (Fsp3) is 0. The molecule has 0 bridgehead atoms. The monoisotopic (exact) mass is 1220 g/mol. The lowest BCUT2D eigenvalue weighted by atomic mass is 9.96. The zero-order chi connectivity index (χ0) is 64.6. The summed E-state index contributed by atoms with van der Waals surface area (Å²) in [4.78, 5) is 36.2. The summed E-state index contributed by atoms with van der Waals surface area (Å²) in [5.41, 5.74) is 20.5. The van der Waals surface area contributed by atoms with Gasteiger partial charge in [0.15, 0.2) is 46.3 Å². The third kappa shape index (κ3) is 12.9. The topological polar surface area (TPSA) is 86.1 Å². The molecule has 2 heterocycles. The van der Waals surface area contributed by atoms with E-state index in [1.54, 1.807) is 0 Å². The molecule has 0 aliphatic rings. The van der Waals surface area contributed by atoms with Crippen molar-refractivity contribution in [2.75, 3.05) is 0 Å². The highest BCUT2D eigenvalue weighted by Gasteiger charge is 2.16. The van der Waals surface area contributed by atoms with Gasteiger partial charge < -0.3 is 0 Å². The second kappa shape index (κ2) is 26.8. The second-order valence-electron chi connectivity index (χ2n) is 23.3. The number of hydrogen-bond acceptors (Lipinski definition) is 6. The minimum atomic E-state index is 0.641. The predicted molar refractivity (Wildman–Crippen MR) is 392 cm³/mol. The van der Waals surface area contributed by atoms with Crippen molar-refractivity contribution in [2.45, 2.75) is 0 Å². The highest BCUT2D eigenvalue weighted by atomic mass is 15.0. The van der Waals surface area contributed by atoms with Crippen LogP contribution in [0, 0.1) is 13.1 Å². The Balaban J connectivity index is 0.000000158. The van der Waals surface area contributed by atoms with Crippen LogP contribution in [0.3, 0.4) is 0 Å². The molecule has 8 heteroatoms. The maximum atomic E-state index is 7.32. The number of fused-ring (bicyclic) bond motifs is 2. The molecule has 0 saturated heterocycles. The molecule has 448 valence electrons. The number of rotatable bonds is 12. The Morgan fingerprint density at radius 2 is 0.365 bits per heavy atom. The quantitative estimate of drug-likeness (QED) is 0.113. The molecule has 0 fully saturated rings. The molecule has 0 unspecified atom stereocenters. The second-order valence-corrected chi connectivity index (χ2v) is 23.3. The summed E-state index contributed by atoms with van der Waals surface area (Å²) in [6.45, 7) is 14.5. The van der Waals surface area contributed by atoms with Gasteiger partial charge in [0, 0.05) is 33.4 Å². The maximum Gasteiger partial charge on any atom is 0.187 e. The van der Waals surface area contributed by atoms with Gasteiger partial charge in [-0.1, -0.05) is 309 Å². The van der Waals surface area contributed by atoms with E-state index >= 15 is 0 Å². The number of benzene rings is 14. The molecule has 0 amide bonds. The zero-order valence-electron chi connectivity index (χ0n) is 51.9. The van der Waals surface area contributed by atoms with Crippen LogP contribution in [0.25, 0.3) is 166 Å². The summed E-state index contributed by atoms with van der Waals surface area (Å²) in [6.07, 6.45) is 0. The van der Waals surface area contributed by atoms with E-state index in [-0.39, 0.29) is 0 Å². The van der Waals surface area contributed by atoms with Gasteiger partial charge in [0.2, 0.25) is 0 Å². The fourth-order valence-corrected chi connectivity index (χ4v) is 11.9. The fourth-order valence-electron chi connectivity index (χ4n) is 11.9. The summed E-state index contributed by atoms with van der Waals surface area (Å²) in [7, 11) is 0. The Bertz CT molecular complexity index is 5420. The van der Waals surface area contributed by atoms with Crippen LogP contribution in [0.15, 0.2) is 340 Å². The number of hydrogen-bond donors (Lipinski definition) is 0. The minimum Gasteiger partial charge on any atom is -0.238 e. The van der Waals surface area contributed by atoms with Crippen molar-refractivity contribution in [3.8, 4) is 135 Å². The third-order valence-corrected chi connectivity index (χ3v) is 17.1. The van der Waals surface area contributed by atoms with Crippen molar-refractivity contribution in [1.29, 1.82) is 0 Å². The van der Waals surface area contributed by atoms with Crippen LogP contribution in [0.5, 0.6) is 0 Å². The van der Waals surface area contributed by atoms with Crippen molar-refractivity contribution in [1.82, 2.24) is 29.9 Å². The molecule has 16 rings (SSSR count). The Morgan fingerprint density at radius 1 is 0.156 bits per heavy atom. The van der Waals surface area contributed by atoms with Crippen molar-refractivity contribution >= 4 is 32.9 Å². The maximum absolute atomic E-state index is 7.32. The molecule has 16 aromatic rings. The molecule has 0 saturated carbocycles. The van der Waals surface area contributed by atoms with Gasteiger partial charge in [-0.15, -0.1) is 0 Å². The SMILES string of the molecule is [C-]#[N+]c1ccc(-c2ccc(-c3ccc4ccc(-c5ccc(-c6nc(-c7ccccc7)nc(-c7ccccc7)n6)cc5)cc4c3)cc2)cc1.[C-]#[N+]c1cccc(-c2ccc(-c3ccc4ccc(-c5ccc(-c6nc(-c7ccccc7)nc(-c7ccccc7)n6)cc5)cc4c3)cc2)c1. The highest BCUT2D eigenvalue weighted by Crippen LogP contribution is 2.36. The van der Waals surface area contributed by atoms with E-state index in [4.69, 9.17) is 43.0 Å². The summed E-state index contributed by atoms with van der Waals surface area (Å²) >= 11 is 0. The highest BCUT2D eigenvalue weighted by molar-refractivity contribution is 5.93. The van der Waals surface area contributed by atoms with Gasteiger partial charge in [0.05, 0.1) is 13.1 Å². The molecule has 14 aromatic carbocycles. The summed E-state index contributed by atoms with van der Waals surface area (Å²) in [5, 5.41) is 4.76. The minimum absolute atomic E-state index is 0.641. The smallest absolute Gasteiger partial charge is 0.187 e. The van der Waals surface area contributed by atoms with E-state index in [9.17, 15) is 0 Å². The van der Waals surface area contributed by atoms with E-state index in [2.05, 4.69) is 180 Å². The summed E-state index contributed by atoms with van der Waals surface area (Å²) < 4.78 is 0. The summed E-state index contributed by atoms with van der Waals surface area (Å²) in [6, 6.07) is 116. The van der Waals surface area contributed by atoms with Crippen LogP contribution < -0.4 is 0 Å². The van der Waals surface area contributed by atoms with E-state index in [1.165, 1.54) is 27.1 Å². The first kappa shape index (κ1) is 58.9. The first-order valence-corrected chi connectivity index (χ1v) is 31.6. The average Bonchev–Trinajstić information content (AvgIpc) is 0.830. The molecule has 0 N–H and O–H groups in total. The van der Waals surface area contributed by atoms with E-state index < -0.39 is 0 Å². The van der Waals surface area contributed by atoms with Crippen LogP contribution >= 0.6 is 0 Å². The normalized spacial score (nSPS) is 10.9. The van der Waals surface area contributed by atoms with Gasteiger partial charge >= 0.3 is 0 Å².